The van der Waals surface area contributed by atoms with Gasteiger partial charge < -0.3 is 14.8 Å². The lowest BCUT2D eigenvalue weighted by atomic mass is 10.1. The fourth-order valence-corrected chi connectivity index (χ4v) is 4.87. The highest BCUT2D eigenvalue weighted by Gasteiger charge is 2.27. The molecule has 0 aliphatic rings. The maximum atomic E-state index is 13.5. The molecule has 0 atom stereocenters. The number of nitrogens with zero attached hydrogens (tertiary/aromatic N) is 1. The van der Waals surface area contributed by atoms with Gasteiger partial charge in [-0.3, -0.25) is 9.10 Å². The van der Waals surface area contributed by atoms with E-state index in [1.165, 1.54) is 12.1 Å². The molecule has 0 radical (unpaired) electrons. The molecule has 35 heavy (non-hydrogen) atoms. The fraction of sp³-hybridized carbons (Fsp3) is 0.296. The minimum atomic E-state index is -3.99. The molecule has 0 aliphatic heterocycles. The van der Waals surface area contributed by atoms with Crippen LogP contribution >= 0.6 is 0 Å². The van der Waals surface area contributed by atoms with Crippen LogP contribution in [0.25, 0.3) is 0 Å². The number of carbonyl (C=O) groups excluding carboxylic acids is 1. The molecular weight excluding hydrogens is 464 g/mol. The molecule has 0 aliphatic carbocycles. The summed E-state index contributed by atoms with van der Waals surface area (Å²) in [6.07, 6.45) is 0. The Labute approximate surface area is 207 Å². The molecule has 1 N–H and O–H groups in total. The third-order valence-electron chi connectivity index (χ3n) is 5.57. The van der Waals surface area contributed by atoms with Crippen molar-refractivity contribution in [2.45, 2.75) is 32.6 Å². The van der Waals surface area contributed by atoms with Gasteiger partial charge in [0, 0.05) is 0 Å². The normalized spacial score (nSPS) is 11.1. The van der Waals surface area contributed by atoms with Crippen molar-refractivity contribution in [1.29, 1.82) is 0 Å². The van der Waals surface area contributed by atoms with E-state index < -0.39 is 15.9 Å². The SMILES string of the molecule is CCOc1ccc(S(=O)(=O)N(CC(=O)NCCOc2cccc(C)c2C)c2ccc(C)cc2)cc1. The molecular formula is C27H32N2O5S. The second-order valence-corrected chi connectivity index (χ2v) is 10.0. The summed E-state index contributed by atoms with van der Waals surface area (Å²) in [4.78, 5) is 12.8. The van der Waals surface area contributed by atoms with Crippen LogP contribution in [0, 0.1) is 20.8 Å². The van der Waals surface area contributed by atoms with Crippen LogP contribution < -0.4 is 19.1 Å². The Hall–Kier alpha value is -3.52. The summed E-state index contributed by atoms with van der Waals surface area (Å²) in [5.74, 6) is 0.915. The number of hydrogen-bond donors (Lipinski definition) is 1. The largest absolute Gasteiger partial charge is 0.494 e. The summed E-state index contributed by atoms with van der Waals surface area (Å²) in [6, 6.07) is 19.0. The number of ether oxygens (including phenoxy) is 2. The van der Waals surface area contributed by atoms with E-state index in [9.17, 15) is 13.2 Å². The number of nitrogens with one attached hydrogen (secondary N) is 1. The van der Waals surface area contributed by atoms with Crippen molar-refractivity contribution in [3.05, 3.63) is 83.4 Å². The van der Waals surface area contributed by atoms with Gasteiger partial charge in [-0.1, -0.05) is 29.8 Å². The van der Waals surface area contributed by atoms with Gasteiger partial charge in [0.1, 0.15) is 24.7 Å². The highest BCUT2D eigenvalue weighted by molar-refractivity contribution is 7.92. The van der Waals surface area contributed by atoms with Crippen molar-refractivity contribution in [3.63, 3.8) is 0 Å². The van der Waals surface area contributed by atoms with Gasteiger partial charge in [-0.15, -0.1) is 0 Å². The molecule has 0 heterocycles. The Kier molecular flexibility index (Phi) is 8.76. The molecule has 0 unspecified atom stereocenters. The fourth-order valence-electron chi connectivity index (χ4n) is 3.45. The molecule has 3 rings (SSSR count). The smallest absolute Gasteiger partial charge is 0.264 e. The predicted octanol–water partition coefficient (Wildman–Crippen LogP) is 4.40. The van der Waals surface area contributed by atoms with Gasteiger partial charge in [0.25, 0.3) is 10.0 Å². The summed E-state index contributed by atoms with van der Waals surface area (Å²) in [5, 5.41) is 2.76. The number of aryl methyl sites for hydroxylation is 2. The lowest BCUT2D eigenvalue weighted by molar-refractivity contribution is -0.119. The highest BCUT2D eigenvalue weighted by atomic mass is 32.2. The van der Waals surface area contributed by atoms with Crippen LogP contribution in [0.1, 0.15) is 23.6 Å². The molecule has 0 fully saturated rings. The van der Waals surface area contributed by atoms with E-state index in [1.807, 2.05) is 58.0 Å². The minimum Gasteiger partial charge on any atom is -0.494 e. The van der Waals surface area contributed by atoms with Crippen LogP contribution in [0.3, 0.4) is 0 Å². The first-order valence-electron chi connectivity index (χ1n) is 11.5. The molecule has 3 aromatic rings. The van der Waals surface area contributed by atoms with Crippen LogP contribution in [0.5, 0.6) is 11.5 Å². The highest BCUT2D eigenvalue weighted by Crippen LogP contribution is 2.25. The second-order valence-electron chi connectivity index (χ2n) is 8.15. The number of sulfonamides is 1. The first-order valence-corrected chi connectivity index (χ1v) is 12.9. The third-order valence-corrected chi connectivity index (χ3v) is 7.36. The van der Waals surface area contributed by atoms with Crippen LogP contribution in [0.2, 0.25) is 0 Å². The zero-order valence-corrected chi connectivity index (χ0v) is 21.4. The summed E-state index contributed by atoms with van der Waals surface area (Å²) in [5.41, 5.74) is 3.57. The molecule has 7 nitrogen and oxygen atoms in total. The molecule has 0 aromatic heterocycles. The van der Waals surface area contributed by atoms with Gasteiger partial charge in [-0.2, -0.15) is 0 Å². The second kappa shape index (κ2) is 11.8. The Balaban J connectivity index is 1.71. The third kappa shape index (κ3) is 6.76. The molecule has 0 saturated heterocycles. The van der Waals surface area contributed by atoms with E-state index in [4.69, 9.17) is 9.47 Å². The number of hydrogen-bond acceptors (Lipinski definition) is 5. The van der Waals surface area contributed by atoms with Crippen molar-refractivity contribution in [2.24, 2.45) is 0 Å². The first-order chi connectivity index (χ1) is 16.7. The predicted molar refractivity (Wildman–Crippen MR) is 138 cm³/mol. The zero-order chi connectivity index (χ0) is 25.4. The molecule has 1 amide bonds. The average molecular weight is 497 g/mol. The van der Waals surface area contributed by atoms with E-state index in [0.717, 1.165) is 26.7 Å². The summed E-state index contributed by atoms with van der Waals surface area (Å²) >= 11 is 0. The molecule has 8 heteroatoms. The average Bonchev–Trinajstić information content (AvgIpc) is 2.84. The Morgan fingerprint density at radius 2 is 1.60 bits per heavy atom. The van der Waals surface area contributed by atoms with Gasteiger partial charge in [-0.05, 0) is 81.3 Å². The molecule has 0 saturated carbocycles. The first kappa shape index (κ1) is 26.1. The zero-order valence-electron chi connectivity index (χ0n) is 20.6. The number of benzene rings is 3. The standard InChI is InChI=1S/C27H32N2O5S/c1-5-33-24-13-15-25(16-14-24)35(31,32)29(23-11-9-20(2)10-12-23)19-27(30)28-17-18-34-26-8-6-7-21(3)22(26)4/h6-16H,5,17-19H2,1-4H3,(H,28,30). The number of rotatable bonds is 11. The summed E-state index contributed by atoms with van der Waals surface area (Å²) in [7, 11) is -3.99. The van der Waals surface area contributed by atoms with Crippen molar-refractivity contribution < 1.29 is 22.7 Å². The summed E-state index contributed by atoms with van der Waals surface area (Å²) < 4.78 is 39.3. The van der Waals surface area contributed by atoms with Gasteiger partial charge in [0.2, 0.25) is 5.91 Å². The molecule has 3 aromatic carbocycles. The van der Waals surface area contributed by atoms with Gasteiger partial charge in [-0.25, -0.2) is 8.42 Å². The maximum absolute atomic E-state index is 13.5. The van der Waals surface area contributed by atoms with Gasteiger partial charge in [0.15, 0.2) is 0 Å². The van der Waals surface area contributed by atoms with Crippen molar-refractivity contribution in [3.8, 4) is 11.5 Å². The van der Waals surface area contributed by atoms with E-state index in [2.05, 4.69) is 5.32 Å². The van der Waals surface area contributed by atoms with Gasteiger partial charge in [0.05, 0.1) is 23.7 Å². The topological polar surface area (TPSA) is 84.9 Å². The molecule has 0 bridgehead atoms. The monoisotopic (exact) mass is 496 g/mol. The van der Waals surface area contributed by atoms with Crippen molar-refractivity contribution in [1.82, 2.24) is 5.32 Å². The number of carbonyl (C=O) groups is 1. The van der Waals surface area contributed by atoms with E-state index in [-0.39, 0.29) is 24.6 Å². The van der Waals surface area contributed by atoms with Crippen LogP contribution in [-0.4, -0.2) is 40.6 Å². The van der Waals surface area contributed by atoms with Crippen molar-refractivity contribution in [2.75, 3.05) is 30.6 Å². The van der Waals surface area contributed by atoms with Crippen LogP contribution in [0.15, 0.2) is 71.6 Å². The van der Waals surface area contributed by atoms with Crippen LogP contribution in [0.4, 0.5) is 5.69 Å². The van der Waals surface area contributed by atoms with E-state index >= 15 is 0 Å². The van der Waals surface area contributed by atoms with E-state index in [0.29, 0.717) is 18.0 Å². The Bertz CT molecular complexity index is 1240. The minimum absolute atomic E-state index is 0.0765. The quantitative estimate of drug-likeness (QED) is 0.398. The number of amides is 1. The van der Waals surface area contributed by atoms with Gasteiger partial charge >= 0.3 is 0 Å². The maximum Gasteiger partial charge on any atom is 0.264 e. The number of anilines is 1. The lowest BCUT2D eigenvalue weighted by Gasteiger charge is -2.24. The van der Waals surface area contributed by atoms with Crippen molar-refractivity contribution >= 4 is 21.6 Å². The Morgan fingerprint density at radius 3 is 2.26 bits per heavy atom. The lowest BCUT2D eigenvalue weighted by Crippen LogP contribution is -2.41. The van der Waals surface area contributed by atoms with Crippen LogP contribution in [-0.2, 0) is 14.8 Å². The Morgan fingerprint density at radius 1 is 0.914 bits per heavy atom. The molecule has 0 spiro atoms. The molecule has 186 valence electrons. The summed E-state index contributed by atoms with van der Waals surface area (Å²) in [6.45, 7) is 8.40. The van der Waals surface area contributed by atoms with E-state index in [1.54, 1.807) is 24.3 Å².